The van der Waals surface area contributed by atoms with Crippen LogP contribution in [0.5, 0.6) is 0 Å². The van der Waals surface area contributed by atoms with Crippen molar-refractivity contribution in [2.24, 2.45) is 0 Å². The van der Waals surface area contributed by atoms with E-state index in [4.69, 9.17) is 23.2 Å². The van der Waals surface area contributed by atoms with Crippen LogP contribution in [0, 0.1) is 19.7 Å². The van der Waals surface area contributed by atoms with E-state index >= 15 is 0 Å². The maximum atomic E-state index is 13.2. The molecule has 0 amide bonds. The lowest BCUT2D eigenvalue weighted by Crippen LogP contribution is -2.03. The van der Waals surface area contributed by atoms with Crippen LogP contribution >= 0.6 is 23.2 Å². The lowest BCUT2D eigenvalue weighted by atomic mass is 10.1. The number of aromatic nitrogens is 3. The number of anilines is 4. The molecular formula is C17H14Cl2FN5. The lowest BCUT2D eigenvalue weighted by Gasteiger charge is -2.12. The number of rotatable bonds is 4. The molecule has 5 nitrogen and oxygen atoms in total. The highest BCUT2D eigenvalue weighted by atomic mass is 35.5. The predicted molar refractivity (Wildman–Crippen MR) is 98.7 cm³/mol. The van der Waals surface area contributed by atoms with Gasteiger partial charge in [0.15, 0.2) is 5.82 Å². The van der Waals surface area contributed by atoms with E-state index in [-0.39, 0.29) is 11.0 Å². The number of halogens is 3. The molecule has 0 atom stereocenters. The second-order valence-electron chi connectivity index (χ2n) is 5.48. The van der Waals surface area contributed by atoms with Gasteiger partial charge < -0.3 is 10.6 Å². The molecule has 0 radical (unpaired) electrons. The summed E-state index contributed by atoms with van der Waals surface area (Å²) in [6, 6.07) is 8.12. The van der Waals surface area contributed by atoms with Crippen LogP contribution in [-0.4, -0.2) is 15.2 Å². The Morgan fingerprint density at radius 3 is 2.52 bits per heavy atom. The molecular weight excluding hydrogens is 364 g/mol. The molecule has 0 aliphatic rings. The van der Waals surface area contributed by atoms with Gasteiger partial charge in [0.2, 0.25) is 5.95 Å². The van der Waals surface area contributed by atoms with Crippen molar-refractivity contribution < 1.29 is 4.39 Å². The van der Waals surface area contributed by atoms with Crippen molar-refractivity contribution in [3.63, 3.8) is 0 Å². The van der Waals surface area contributed by atoms with Crippen LogP contribution in [0.2, 0.25) is 10.0 Å². The minimum Gasteiger partial charge on any atom is -0.337 e. The fourth-order valence-corrected chi connectivity index (χ4v) is 2.87. The van der Waals surface area contributed by atoms with Gasteiger partial charge in [0.1, 0.15) is 5.82 Å². The Morgan fingerprint density at radius 1 is 1.00 bits per heavy atom. The first-order valence-electron chi connectivity index (χ1n) is 7.38. The molecule has 2 N–H and O–H groups in total. The summed E-state index contributed by atoms with van der Waals surface area (Å²) in [6.07, 6.45) is 1.48. The van der Waals surface area contributed by atoms with E-state index in [9.17, 15) is 4.39 Å². The Labute approximate surface area is 154 Å². The molecule has 0 aliphatic heterocycles. The van der Waals surface area contributed by atoms with Crippen LogP contribution in [0.4, 0.5) is 27.5 Å². The van der Waals surface area contributed by atoms with Crippen LogP contribution in [0.1, 0.15) is 11.1 Å². The van der Waals surface area contributed by atoms with Crippen molar-refractivity contribution in [2.75, 3.05) is 10.6 Å². The number of nitrogens with zero attached hydrogens (tertiary/aromatic N) is 3. The molecule has 1 heterocycles. The summed E-state index contributed by atoms with van der Waals surface area (Å²) >= 11 is 12.1. The SMILES string of the molecule is Cc1cc(C)c(Nc2cnnc(Nc3ccc(F)c(Cl)c3)n2)c(Cl)c1. The first-order chi connectivity index (χ1) is 11.9. The third-order valence-corrected chi connectivity index (χ3v) is 4.01. The minimum absolute atomic E-state index is 0.00861. The van der Waals surface area contributed by atoms with Crippen molar-refractivity contribution in [2.45, 2.75) is 13.8 Å². The van der Waals surface area contributed by atoms with Gasteiger partial charge in [0.05, 0.1) is 21.9 Å². The van der Waals surface area contributed by atoms with Crippen LogP contribution in [0.15, 0.2) is 36.5 Å². The summed E-state index contributed by atoms with van der Waals surface area (Å²) in [4.78, 5) is 4.33. The van der Waals surface area contributed by atoms with Gasteiger partial charge in [-0.15, -0.1) is 5.10 Å². The predicted octanol–water partition coefficient (Wildman–Crippen LogP) is 5.42. The quantitative estimate of drug-likeness (QED) is 0.635. The summed E-state index contributed by atoms with van der Waals surface area (Å²) in [6.45, 7) is 3.93. The molecule has 2 aromatic carbocycles. The minimum atomic E-state index is -0.494. The van der Waals surface area contributed by atoms with E-state index in [2.05, 4.69) is 25.8 Å². The molecule has 25 heavy (non-hydrogen) atoms. The topological polar surface area (TPSA) is 62.7 Å². The first kappa shape index (κ1) is 17.4. The monoisotopic (exact) mass is 377 g/mol. The summed E-state index contributed by atoms with van der Waals surface area (Å²) in [5.74, 6) is 0.222. The fourth-order valence-electron chi connectivity index (χ4n) is 2.32. The van der Waals surface area contributed by atoms with E-state index in [1.54, 1.807) is 0 Å². The van der Waals surface area contributed by atoms with Gasteiger partial charge in [-0.1, -0.05) is 29.3 Å². The summed E-state index contributed by atoms with van der Waals surface area (Å²) < 4.78 is 13.2. The zero-order valence-electron chi connectivity index (χ0n) is 13.4. The number of hydrogen-bond donors (Lipinski definition) is 2. The second kappa shape index (κ2) is 7.21. The van der Waals surface area contributed by atoms with Crippen molar-refractivity contribution in [1.82, 2.24) is 15.2 Å². The fraction of sp³-hybridized carbons (Fsp3) is 0.118. The second-order valence-corrected chi connectivity index (χ2v) is 6.30. The van der Waals surface area contributed by atoms with Gasteiger partial charge in [-0.05, 0) is 49.2 Å². The van der Waals surface area contributed by atoms with E-state index in [1.807, 2.05) is 26.0 Å². The smallest absolute Gasteiger partial charge is 0.249 e. The molecule has 0 aliphatic carbocycles. The summed E-state index contributed by atoms with van der Waals surface area (Å²) in [5, 5.41) is 14.5. The van der Waals surface area contributed by atoms with E-state index in [1.165, 1.54) is 24.4 Å². The Kier molecular flexibility index (Phi) is 5.01. The molecule has 0 bridgehead atoms. The third kappa shape index (κ3) is 4.15. The Hall–Kier alpha value is -2.44. The molecule has 0 saturated carbocycles. The molecule has 0 spiro atoms. The normalized spacial score (nSPS) is 10.6. The standard InChI is InChI=1S/C17H14Cl2FN5/c1-9-5-10(2)16(13(19)6-9)23-15-8-21-25-17(24-15)22-11-3-4-14(20)12(18)7-11/h3-8H,1-2H3,(H2,22,23,24,25). The first-order valence-corrected chi connectivity index (χ1v) is 8.13. The molecule has 3 rings (SSSR count). The summed E-state index contributed by atoms with van der Waals surface area (Å²) in [7, 11) is 0. The summed E-state index contributed by atoms with van der Waals surface area (Å²) in [5.41, 5.74) is 3.37. The van der Waals surface area contributed by atoms with Crippen molar-refractivity contribution >= 4 is 46.3 Å². The Morgan fingerprint density at radius 2 is 1.80 bits per heavy atom. The largest absolute Gasteiger partial charge is 0.337 e. The van der Waals surface area contributed by atoms with E-state index in [0.717, 1.165) is 16.8 Å². The Balaban J connectivity index is 1.83. The third-order valence-electron chi connectivity index (χ3n) is 3.42. The number of aryl methyl sites for hydroxylation is 2. The highest BCUT2D eigenvalue weighted by molar-refractivity contribution is 6.33. The van der Waals surface area contributed by atoms with Crippen LogP contribution < -0.4 is 10.6 Å². The Bertz CT molecular complexity index is 910. The molecule has 0 fully saturated rings. The molecule has 0 saturated heterocycles. The average Bonchev–Trinajstić information content (AvgIpc) is 2.55. The maximum Gasteiger partial charge on any atom is 0.249 e. The molecule has 128 valence electrons. The number of hydrogen-bond acceptors (Lipinski definition) is 5. The van der Waals surface area contributed by atoms with Gasteiger partial charge in [0.25, 0.3) is 0 Å². The van der Waals surface area contributed by atoms with Crippen molar-refractivity contribution in [3.8, 4) is 0 Å². The molecule has 3 aromatic rings. The van der Waals surface area contributed by atoms with Gasteiger partial charge in [0, 0.05) is 5.69 Å². The van der Waals surface area contributed by atoms with Gasteiger partial charge in [-0.25, -0.2) is 4.39 Å². The number of benzene rings is 2. The molecule has 1 aromatic heterocycles. The van der Waals surface area contributed by atoms with Gasteiger partial charge in [-0.3, -0.25) is 0 Å². The zero-order valence-corrected chi connectivity index (χ0v) is 15.0. The van der Waals surface area contributed by atoms with Gasteiger partial charge >= 0.3 is 0 Å². The van der Waals surface area contributed by atoms with Gasteiger partial charge in [-0.2, -0.15) is 10.1 Å². The van der Waals surface area contributed by atoms with Crippen LogP contribution in [-0.2, 0) is 0 Å². The van der Waals surface area contributed by atoms with Crippen LogP contribution in [0.3, 0.4) is 0 Å². The lowest BCUT2D eigenvalue weighted by molar-refractivity contribution is 0.628. The highest BCUT2D eigenvalue weighted by Crippen LogP contribution is 2.30. The maximum absolute atomic E-state index is 13.2. The number of nitrogens with one attached hydrogen (secondary N) is 2. The zero-order chi connectivity index (χ0) is 18.0. The van der Waals surface area contributed by atoms with Crippen molar-refractivity contribution in [1.29, 1.82) is 0 Å². The highest BCUT2D eigenvalue weighted by Gasteiger charge is 2.09. The van der Waals surface area contributed by atoms with Crippen LogP contribution in [0.25, 0.3) is 0 Å². The molecule has 0 unspecified atom stereocenters. The van der Waals surface area contributed by atoms with E-state index in [0.29, 0.717) is 16.5 Å². The average molecular weight is 378 g/mol. The van der Waals surface area contributed by atoms with Crippen molar-refractivity contribution in [3.05, 3.63) is 63.5 Å². The molecule has 8 heteroatoms. The van der Waals surface area contributed by atoms with E-state index < -0.39 is 5.82 Å².